The summed E-state index contributed by atoms with van der Waals surface area (Å²) in [5.74, 6) is 0.692. The maximum Gasteiger partial charge on any atom is 0.0368 e. The van der Waals surface area contributed by atoms with Gasteiger partial charge in [0, 0.05) is 24.8 Å². The minimum Gasteiger partial charge on any atom is -0.368 e. The summed E-state index contributed by atoms with van der Waals surface area (Å²) >= 11 is 0. The van der Waals surface area contributed by atoms with Crippen molar-refractivity contribution >= 4 is 5.69 Å². The predicted molar refractivity (Wildman–Crippen MR) is 85.8 cm³/mol. The molecule has 0 saturated heterocycles. The molecule has 0 atom stereocenters. The Bertz CT molecular complexity index is 339. The predicted octanol–water partition coefficient (Wildman–Crippen LogP) is 4.06. The van der Waals surface area contributed by atoms with Gasteiger partial charge >= 0.3 is 0 Å². The van der Waals surface area contributed by atoms with Crippen molar-refractivity contribution in [3.05, 3.63) is 29.8 Å². The lowest BCUT2D eigenvalue weighted by Crippen LogP contribution is -2.37. The van der Waals surface area contributed by atoms with E-state index in [1.54, 1.807) is 0 Å². The van der Waals surface area contributed by atoms with E-state index in [4.69, 9.17) is 0 Å². The van der Waals surface area contributed by atoms with Crippen LogP contribution in [0.3, 0.4) is 0 Å². The molecular weight excluding hydrogens is 232 g/mol. The van der Waals surface area contributed by atoms with Gasteiger partial charge in [-0.2, -0.15) is 0 Å². The van der Waals surface area contributed by atoms with Crippen molar-refractivity contribution in [1.29, 1.82) is 0 Å². The van der Waals surface area contributed by atoms with Crippen molar-refractivity contribution < 1.29 is 0 Å². The molecule has 0 bridgehead atoms. The van der Waals surface area contributed by atoms with Crippen LogP contribution in [0.2, 0.25) is 0 Å². The minimum atomic E-state index is 0.651. The number of hydrogen-bond donors (Lipinski definition) is 1. The molecule has 0 radical (unpaired) electrons. The van der Waals surface area contributed by atoms with E-state index in [1.165, 1.54) is 24.1 Å². The average molecular weight is 262 g/mol. The molecule has 2 nitrogen and oxygen atoms in total. The third kappa shape index (κ3) is 4.87. The molecule has 1 aromatic rings. The maximum absolute atomic E-state index is 3.20. The van der Waals surface area contributed by atoms with Gasteiger partial charge in [0.25, 0.3) is 0 Å². The molecular formula is C17H30N2. The highest BCUT2D eigenvalue weighted by Crippen LogP contribution is 2.22. The molecule has 0 spiro atoms. The Hall–Kier alpha value is -1.02. The smallest absolute Gasteiger partial charge is 0.0368 e. The summed E-state index contributed by atoms with van der Waals surface area (Å²) in [7, 11) is 1.99. The molecule has 2 heteroatoms. The summed E-state index contributed by atoms with van der Waals surface area (Å²) in [5, 5.41) is 3.20. The molecule has 0 aliphatic rings. The Morgan fingerprint density at radius 3 is 2.05 bits per heavy atom. The second-order valence-corrected chi connectivity index (χ2v) is 5.71. The summed E-state index contributed by atoms with van der Waals surface area (Å²) in [6, 6.07) is 9.67. The van der Waals surface area contributed by atoms with Crippen molar-refractivity contribution in [2.75, 3.05) is 18.5 Å². The molecule has 0 saturated carbocycles. The summed E-state index contributed by atoms with van der Waals surface area (Å²) in [5.41, 5.74) is 2.71. The zero-order valence-corrected chi connectivity index (χ0v) is 13.2. The SMILES string of the molecule is CCC(CC)N(CC(C)C)c1ccc(CNC)cc1. The first-order chi connectivity index (χ1) is 9.12. The highest BCUT2D eigenvalue weighted by molar-refractivity contribution is 5.48. The zero-order chi connectivity index (χ0) is 14.3. The quantitative estimate of drug-likeness (QED) is 0.760. The monoisotopic (exact) mass is 262 g/mol. The number of benzene rings is 1. The van der Waals surface area contributed by atoms with Gasteiger partial charge < -0.3 is 10.2 Å². The van der Waals surface area contributed by atoms with E-state index in [0.717, 1.165) is 13.1 Å². The number of nitrogens with zero attached hydrogens (tertiary/aromatic N) is 1. The first-order valence-electron chi connectivity index (χ1n) is 7.62. The van der Waals surface area contributed by atoms with Gasteiger partial charge in [-0.1, -0.05) is 39.8 Å². The summed E-state index contributed by atoms with van der Waals surface area (Å²) in [4.78, 5) is 2.58. The highest BCUT2D eigenvalue weighted by atomic mass is 15.2. The normalized spacial score (nSPS) is 11.3. The van der Waals surface area contributed by atoms with Crippen LogP contribution in [0, 0.1) is 5.92 Å². The lowest BCUT2D eigenvalue weighted by atomic mass is 10.1. The Morgan fingerprint density at radius 1 is 1.05 bits per heavy atom. The second kappa shape index (κ2) is 8.21. The van der Waals surface area contributed by atoms with Gasteiger partial charge in [-0.05, 0) is 43.5 Å². The number of rotatable bonds is 8. The van der Waals surface area contributed by atoms with Gasteiger partial charge in [0.1, 0.15) is 0 Å². The van der Waals surface area contributed by atoms with E-state index < -0.39 is 0 Å². The molecule has 0 amide bonds. The maximum atomic E-state index is 3.20. The molecule has 1 N–H and O–H groups in total. The van der Waals surface area contributed by atoms with Crippen LogP contribution in [0.25, 0.3) is 0 Å². The van der Waals surface area contributed by atoms with E-state index in [1.807, 2.05) is 7.05 Å². The first kappa shape index (κ1) is 16.0. The fourth-order valence-electron chi connectivity index (χ4n) is 2.60. The molecule has 0 fully saturated rings. The fourth-order valence-corrected chi connectivity index (χ4v) is 2.60. The second-order valence-electron chi connectivity index (χ2n) is 5.71. The Balaban J connectivity index is 2.89. The van der Waals surface area contributed by atoms with Crippen molar-refractivity contribution in [2.24, 2.45) is 5.92 Å². The highest BCUT2D eigenvalue weighted by Gasteiger charge is 2.16. The summed E-state index contributed by atoms with van der Waals surface area (Å²) in [6.07, 6.45) is 2.42. The van der Waals surface area contributed by atoms with Gasteiger partial charge in [0.2, 0.25) is 0 Å². The number of hydrogen-bond acceptors (Lipinski definition) is 2. The van der Waals surface area contributed by atoms with Gasteiger partial charge in [-0.15, -0.1) is 0 Å². The third-order valence-electron chi connectivity index (χ3n) is 3.59. The van der Waals surface area contributed by atoms with Crippen molar-refractivity contribution in [3.63, 3.8) is 0 Å². The fraction of sp³-hybridized carbons (Fsp3) is 0.647. The molecule has 0 unspecified atom stereocenters. The molecule has 0 heterocycles. The topological polar surface area (TPSA) is 15.3 Å². The lowest BCUT2D eigenvalue weighted by molar-refractivity contribution is 0.507. The van der Waals surface area contributed by atoms with Crippen molar-refractivity contribution in [2.45, 2.75) is 53.1 Å². The van der Waals surface area contributed by atoms with Crippen LogP contribution in [0.15, 0.2) is 24.3 Å². The van der Waals surface area contributed by atoms with Crippen LogP contribution in [0.5, 0.6) is 0 Å². The van der Waals surface area contributed by atoms with Gasteiger partial charge in [-0.3, -0.25) is 0 Å². The molecule has 1 aromatic carbocycles. The zero-order valence-electron chi connectivity index (χ0n) is 13.2. The van der Waals surface area contributed by atoms with Crippen LogP contribution in [-0.4, -0.2) is 19.6 Å². The summed E-state index contributed by atoms with van der Waals surface area (Å²) in [6.45, 7) is 11.2. The van der Waals surface area contributed by atoms with Crippen LogP contribution in [0.1, 0.15) is 46.1 Å². The van der Waals surface area contributed by atoms with E-state index in [-0.39, 0.29) is 0 Å². The molecule has 19 heavy (non-hydrogen) atoms. The molecule has 1 rings (SSSR count). The van der Waals surface area contributed by atoms with Crippen molar-refractivity contribution in [3.8, 4) is 0 Å². The Labute approximate surface area is 119 Å². The van der Waals surface area contributed by atoms with Crippen LogP contribution >= 0.6 is 0 Å². The number of nitrogens with one attached hydrogen (secondary N) is 1. The van der Waals surface area contributed by atoms with Crippen molar-refractivity contribution in [1.82, 2.24) is 5.32 Å². The average Bonchev–Trinajstić information content (AvgIpc) is 2.40. The molecule has 0 aliphatic heterocycles. The Kier molecular flexibility index (Phi) is 6.93. The largest absolute Gasteiger partial charge is 0.368 e. The third-order valence-corrected chi connectivity index (χ3v) is 3.59. The van der Waals surface area contributed by atoms with E-state index in [2.05, 4.69) is 62.2 Å². The van der Waals surface area contributed by atoms with Gasteiger partial charge in [0.15, 0.2) is 0 Å². The van der Waals surface area contributed by atoms with Gasteiger partial charge in [0.05, 0.1) is 0 Å². The standard InChI is InChI=1S/C17H30N2/c1-6-16(7-2)19(13-14(3)4)17-10-8-15(9-11-17)12-18-5/h8-11,14,16,18H,6-7,12-13H2,1-5H3. The van der Waals surface area contributed by atoms with E-state index in [0.29, 0.717) is 12.0 Å². The lowest BCUT2D eigenvalue weighted by Gasteiger charge is -2.34. The van der Waals surface area contributed by atoms with Crippen LogP contribution in [-0.2, 0) is 6.54 Å². The molecule has 108 valence electrons. The van der Waals surface area contributed by atoms with E-state index >= 15 is 0 Å². The first-order valence-corrected chi connectivity index (χ1v) is 7.62. The van der Waals surface area contributed by atoms with Gasteiger partial charge in [-0.25, -0.2) is 0 Å². The number of anilines is 1. The summed E-state index contributed by atoms with van der Waals surface area (Å²) < 4.78 is 0. The van der Waals surface area contributed by atoms with Crippen LogP contribution < -0.4 is 10.2 Å². The molecule has 0 aromatic heterocycles. The van der Waals surface area contributed by atoms with Crippen LogP contribution in [0.4, 0.5) is 5.69 Å². The molecule has 0 aliphatic carbocycles. The Morgan fingerprint density at radius 2 is 1.63 bits per heavy atom. The van der Waals surface area contributed by atoms with E-state index in [9.17, 15) is 0 Å². The minimum absolute atomic E-state index is 0.651.